The Morgan fingerprint density at radius 2 is 1.35 bits per heavy atom. The molecule has 1 N–H and O–H groups in total. The smallest absolute Gasteiger partial charge is 0.162 e. The zero-order valence-corrected chi connectivity index (χ0v) is 51.1. The van der Waals surface area contributed by atoms with Crippen LogP contribution in [0, 0.1) is 30.9 Å². The minimum atomic E-state index is 0. The summed E-state index contributed by atoms with van der Waals surface area (Å²) in [5.41, 5.74) is 15.2. The number of hydrogen-bond acceptors (Lipinski definition) is 4. The number of hydrogen-bond donors (Lipinski definition) is 1. The van der Waals surface area contributed by atoms with Crippen molar-refractivity contribution in [2.24, 2.45) is 11.8 Å². The van der Waals surface area contributed by atoms with Gasteiger partial charge in [-0.1, -0.05) is 186 Å². The number of nitrogens with zero attached hydrogens (tertiary/aromatic N) is 4. The molecule has 6 aromatic carbocycles. The minimum Gasteiger partial charge on any atom is -0.512 e. The van der Waals surface area contributed by atoms with Crippen molar-refractivity contribution in [2.75, 3.05) is 0 Å². The van der Waals surface area contributed by atoms with E-state index in [0.717, 1.165) is 53.5 Å². The third-order valence-corrected chi connectivity index (χ3v) is 16.9. The molecule has 0 bridgehead atoms. The zero-order valence-electron chi connectivity index (χ0n) is 48.7. The van der Waals surface area contributed by atoms with Gasteiger partial charge in [-0.15, -0.1) is 58.8 Å². The number of carbonyl (C=O) groups is 1. The molecule has 10 rings (SSSR count). The average Bonchev–Trinajstić information content (AvgIpc) is 4.29. The summed E-state index contributed by atoms with van der Waals surface area (Å²) in [4.78, 5) is 21.4. The molecule has 0 aliphatic carbocycles. The number of ketones is 1. The van der Waals surface area contributed by atoms with Crippen LogP contribution in [-0.4, -0.2) is 29.8 Å². The molecule has 0 fully saturated rings. The number of allylic oxidation sites excluding steroid dienone is 2. The van der Waals surface area contributed by atoms with Crippen LogP contribution in [0.2, 0.25) is 0 Å². The summed E-state index contributed by atoms with van der Waals surface area (Å²) in [7, 11) is 0. The molecule has 0 atom stereocenters. The van der Waals surface area contributed by atoms with Gasteiger partial charge in [0.1, 0.15) is 0 Å². The van der Waals surface area contributed by atoms with Gasteiger partial charge in [0.2, 0.25) is 0 Å². The Balaban J connectivity index is 0.000000185. The van der Waals surface area contributed by atoms with Crippen molar-refractivity contribution in [1.82, 2.24) is 18.9 Å². The number of aryl methyl sites for hydroxylation is 1. The van der Waals surface area contributed by atoms with Crippen LogP contribution < -0.4 is 0 Å². The number of aliphatic hydroxyl groups excluding tert-OH is 1. The van der Waals surface area contributed by atoms with E-state index in [9.17, 15) is 9.90 Å². The van der Waals surface area contributed by atoms with Gasteiger partial charge in [0.15, 0.2) is 5.78 Å². The van der Waals surface area contributed by atoms with E-state index in [1.54, 1.807) is 0 Å². The van der Waals surface area contributed by atoms with Crippen LogP contribution in [0.3, 0.4) is 0 Å². The van der Waals surface area contributed by atoms with Gasteiger partial charge in [-0.25, -0.2) is 0 Å². The van der Waals surface area contributed by atoms with E-state index in [-0.39, 0.29) is 59.7 Å². The third kappa shape index (κ3) is 11.0. The fraction of sp³-hybridized carbons (Fsp3) is 0.386. The van der Waals surface area contributed by atoms with E-state index in [1.807, 2.05) is 40.0 Å². The van der Waals surface area contributed by atoms with Crippen LogP contribution >= 0.6 is 0 Å². The normalized spacial score (nSPS) is 13.9. The van der Waals surface area contributed by atoms with Crippen molar-refractivity contribution in [3.63, 3.8) is 0 Å². The van der Waals surface area contributed by atoms with Gasteiger partial charge >= 0.3 is 0 Å². The summed E-state index contributed by atoms with van der Waals surface area (Å²) in [6.45, 7) is 35.7. The van der Waals surface area contributed by atoms with Crippen molar-refractivity contribution in [3.05, 3.63) is 179 Å². The second kappa shape index (κ2) is 23.4. The maximum atomic E-state index is 11.7. The summed E-state index contributed by atoms with van der Waals surface area (Å²) in [5, 5.41) is 15.9. The van der Waals surface area contributed by atoms with E-state index < -0.39 is 0 Å². The molecule has 1 aliphatic rings. The van der Waals surface area contributed by atoms with E-state index in [0.29, 0.717) is 11.8 Å². The Morgan fingerprint density at radius 1 is 0.740 bits per heavy atom. The second-order valence-corrected chi connectivity index (χ2v) is 23.9. The maximum Gasteiger partial charge on any atom is 0.162 e. The third-order valence-electron chi connectivity index (χ3n) is 16.9. The van der Waals surface area contributed by atoms with Crippen LogP contribution in [0.5, 0.6) is 0 Å². The van der Waals surface area contributed by atoms with Gasteiger partial charge in [0, 0.05) is 84.3 Å². The number of carbonyl (C=O) groups excluding carboxylic acids is 1. The first-order valence-electron chi connectivity index (χ1n) is 28.0. The molecule has 77 heavy (non-hydrogen) atoms. The Labute approximate surface area is 473 Å². The van der Waals surface area contributed by atoms with Crippen molar-refractivity contribution in [3.8, 4) is 28.2 Å². The van der Waals surface area contributed by atoms with Crippen molar-refractivity contribution >= 4 is 43.9 Å². The average molecular weight is 1200 g/mol. The summed E-state index contributed by atoms with van der Waals surface area (Å²) in [5.74, 6) is 2.20. The van der Waals surface area contributed by atoms with Gasteiger partial charge in [-0.2, -0.15) is 0 Å². The SMILES string of the molecule is CC(C)c1cc(-c2ccccc2)cc(C(C)C)c1-n1ccnc1-c1[c-]c2ccccc2c(C(C)(C)C)c1.CCC(CC)C(=O)/C=C(\O)C(CC)CC.Cc1ccc2c3c1c1ccc[c-]c1c1ncc(n13)C(C)(C)C2(C)C.[Ir]. The summed E-state index contributed by atoms with van der Waals surface area (Å²) in [6, 6.07) is 44.3. The molecule has 9 aromatic rings. The summed E-state index contributed by atoms with van der Waals surface area (Å²) in [6.07, 6.45) is 11.0. The van der Waals surface area contributed by atoms with Crippen LogP contribution in [0.1, 0.15) is 175 Å². The Morgan fingerprint density at radius 3 is 1.96 bits per heavy atom. The largest absolute Gasteiger partial charge is 0.512 e. The fourth-order valence-electron chi connectivity index (χ4n) is 11.5. The van der Waals surface area contributed by atoms with Crippen LogP contribution in [0.15, 0.2) is 134 Å². The Bertz CT molecular complexity index is 3550. The van der Waals surface area contributed by atoms with Gasteiger partial charge in [0.05, 0.1) is 17.2 Å². The molecule has 3 aromatic heterocycles. The first-order valence-corrected chi connectivity index (χ1v) is 28.0. The molecule has 0 spiro atoms. The molecule has 4 heterocycles. The Hall–Kier alpha value is -6.14. The number of rotatable bonds is 12. The molecule has 405 valence electrons. The number of benzene rings is 6. The van der Waals surface area contributed by atoms with Crippen molar-refractivity contribution in [1.29, 1.82) is 0 Å². The van der Waals surface area contributed by atoms with Crippen LogP contribution in [-0.2, 0) is 41.1 Å². The standard InChI is InChI=1S/C35H37N2.C22H21N2.C13H24O2.Ir/c1-23(2)30-20-27(25-13-9-8-10-14-25)21-31(24(3)4)33(30)37-18-17-36-34(37)28-19-26-15-11-12-16-29(26)32(22-28)35(5,6)7;1-13-10-11-16-19-18(13)14-8-6-7-9-15(14)20-23-12-17(24(19)20)22(4,5)21(16,2)3;1-5-10(6-2)12(14)9-13(15)11(7-3)8-4;/h8-18,20-24H,1-7H3;6-8,10-12H,1-5H3;9-11,14H,5-8H2,1-4H3;/q2*-1;;/b;;12-9-;. The van der Waals surface area contributed by atoms with Gasteiger partial charge in [0.25, 0.3) is 0 Å². The van der Waals surface area contributed by atoms with Crippen LogP contribution in [0.25, 0.3) is 66.3 Å². The molecule has 7 heteroatoms. The van der Waals surface area contributed by atoms with Gasteiger partial charge in [-0.3, -0.25) is 14.8 Å². The zero-order chi connectivity index (χ0) is 55.0. The molecule has 0 saturated carbocycles. The van der Waals surface area contributed by atoms with E-state index in [2.05, 4.69) is 214 Å². The van der Waals surface area contributed by atoms with Crippen LogP contribution in [0.4, 0.5) is 0 Å². The van der Waals surface area contributed by atoms with E-state index in [1.165, 1.54) is 78.1 Å². The maximum absolute atomic E-state index is 11.7. The minimum absolute atomic E-state index is 0. The second-order valence-electron chi connectivity index (χ2n) is 23.9. The quantitative estimate of drug-likeness (QED) is 0.0573. The van der Waals surface area contributed by atoms with Gasteiger partial charge in [-0.05, 0) is 95.2 Å². The van der Waals surface area contributed by atoms with Gasteiger partial charge < -0.3 is 14.1 Å². The number of pyridine rings is 1. The summed E-state index contributed by atoms with van der Waals surface area (Å²) < 4.78 is 4.69. The molecular weight excluding hydrogens is 1120 g/mol. The molecule has 6 nitrogen and oxygen atoms in total. The molecule has 1 aliphatic heterocycles. The first-order chi connectivity index (χ1) is 36.1. The predicted octanol–water partition coefficient (Wildman–Crippen LogP) is 18.9. The van der Waals surface area contributed by atoms with Crippen molar-refractivity contribution in [2.45, 2.75) is 165 Å². The number of aromatic nitrogens is 4. The molecule has 1 radical (unpaired) electrons. The molecule has 0 unspecified atom stereocenters. The topological polar surface area (TPSA) is 72.4 Å². The van der Waals surface area contributed by atoms with Crippen molar-refractivity contribution < 1.29 is 30.0 Å². The molecular formula is C70H82IrN4O2-2. The molecule has 0 saturated heterocycles. The van der Waals surface area contributed by atoms with E-state index in [4.69, 9.17) is 9.97 Å². The Kier molecular flexibility index (Phi) is 17.8. The summed E-state index contributed by atoms with van der Waals surface area (Å²) >= 11 is 0. The number of aliphatic hydroxyl groups is 1. The fourth-order valence-corrected chi connectivity index (χ4v) is 11.5. The monoisotopic (exact) mass is 1200 g/mol. The number of imidazole rings is 2. The predicted molar refractivity (Wildman–Crippen MR) is 321 cm³/mol. The number of fused-ring (bicyclic) bond motifs is 4. The van der Waals surface area contributed by atoms with E-state index >= 15 is 0 Å². The molecule has 0 amide bonds. The first kappa shape index (κ1) is 58.5.